The summed E-state index contributed by atoms with van der Waals surface area (Å²) < 4.78 is 12.5. The highest BCUT2D eigenvalue weighted by Gasteiger charge is 2.81. The van der Waals surface area contributed by atoms with Crippen LogP contribution in [0.4, 0.5) is 0 Å². The van der Waals surface area contributed by atoms with Gasteiger partial charge in [-0.15, -0.1) is 0 Å². The van der Waals surface area contributed by atoms with Gasteiger partial charge in [-0.3, -0.25) is 4.90 Å². The van der Waals surface area contributed by atoms with E-state index >= 15 is 0 Å². The summed E-state index contributed by atoms with van der Waals surface area (Å²) in [7, 11) is 0. The number of hydrogen-bond acceptors (Lipinski definition) is 5. The lowest BCUT2D eigenvalue weighted by Gasteiger charge is -2.68. The Bertz CT molecular complexity index is 896. The lowest BCUT2D eigenvalue weighted by Crippen LogP contribution is -2.72. The van der Waals surface area contributed by atoms with E-state index in [1.54, 1.807) is 0 Å². The molecular weight excluding hydrogens is 438 g/mol. The summed E-state index contributed by atoms with van der Waals surface area (Å²) in [6, 6.07) is 0.465. The van der Waals surface area contributed by atoms with Crippen LogP contribution < -0.4 is 0 Å². The van der Waals surface area contributed by atoms with Crippen LogP contribution >= 0.6 is 0 Å². The van der Waals surface area contributed by atoms with Crippen molar-refractivity contribution < 1.29 is 19.7 Å². The second kappa shape index (κ2) is 7.25. The minimum Gasteiger partial charge on any atom is -0.392 e. The molecule has 2 N–H and O–H groups in total. The molecule has 7 rings (SSSR count). The fourth-order valence-electron chi connectivity index (χ4n) is 11.9. The molecule has 5 heteroatoms. The topological polar surface area (TPSA) is 62.2 Å². The first kappa shape index (κ1) is 23.9. The predicted octanol–water partition coefficient (Wildman–Crippen LogP) is 5.08. The zero-order chi connectivity index (χ0) is 24.6. The molecule has 0 radical (unpaired) electrons. The van der Waals surface area contributed by atoms with E-state index in [9.17, 15) is 10.2 Å². The van der Waals surface area contributed by atoms with Crippen molar-refractivity contribution in [3.8, 4) is 0 Å². The van der Waals surface area contributed by atoms with Crippen molar-refractivity contribution in [3.05, 3.63) is 0 Å². The van der Waals surface area contributed by atoms with Crippen LogP contribution in [-0.2, 0) is 9.47 Å². The summed E-state index contributed by atoms with van der Waals surface area (Å²) >= 11 is 0. The standard InChI is InChI=1S/C30H49NO4/c1-18(2)19-8-13-27(4)20-9-15-29-12-6-7-21(29)30(27,24(19)31(29)25(20)33)16-10-22(32)26(3)17-34-28(5)14-11-23(26)35-28/h18-25,32-33H,6-17H2,1-5H3. The smallest absolute Gasteiger partial charge is 0.166 e. The molecule has 35 heavy (non-hydrogen) atoms. The van der Waals surface area contributed by atoms with Crippen LogP contribution in [0.2, 0.25) is 0 Å². The second-order valence-corrected chi connectivity index (χ2v) is 15.0. The van der Waals surface area contributed by atoms with Gasteiger partial charge in [0.15, 0.2) is 5.79 Å². The average molecular weight is 488 g/mol. The van der Waals surface area contributed by atoms with E-state index < -0.39 is 11.9 Å². The number of fused-ring (bicyclic) bond motifs is 4. The van der Waals surface area contributed by atoms with Gasteiger partial charge < -0.3 is 19.7 Å². The van der Waals surface area contributed by atoms with Gasteiger partial charge in [-0.1, -0.05) is 34.1 Å². The Morgan fingerprint density at radius 2 is 1.80 bits per heavy atom. The Kier molecular flexibility index (Phi) is 4.95. The molecule has 5 saturated heterocycles. The average Bonchev–Trinajstić information content (AvgIpc) is 3.42. The summed E-state index contributed by atoms with van der Waals surface area (Å²) in [6.07, 6.45) is 12.1. The molecule has 0 aromatic carbocycles. The van der Waals surface area contributed by atoms with Crippen molar-refractivity contribution in [2.24, 2.45) is 39.9 Å². The van der Waals surface area contributed by atoms with Crippen LogP contribution in [0.15, 0.2) is 0 Å². The number of ether oxygens (including phenoxy) is 2. The number of rotatable bonds is 5. The molecule has 7 bridgehead atoms. The first-order valence-corrected chi connectivity index (χ1v) is 15.0. The van der Waals surface area contributed by atoms with Crippen molar-refractivity contribution >= 4 is 0 Å². The summed E-state index contributed by atoms with van der Waals surface area (Å²) in [5, 5.41) is 23.7. The number of hydrogen-bond donors (Lipinski definition) is 2. The van der Waals surface area contributed by atoms with Crippen molar-refractivity contribution in [1.82, 2.24) is 4.90 Å². The Morgan fingerprint density at radius 3 is 2.57 bits per heavy atom. The molecule has 1 spiro atoms. The summed E-state index contributed by atoms with van der Waals surface area (Å²) in [4.78, 5) is 2.73. The van der Waals surface area contributed by atoms with Gasteiger partial charge in [0, 0.05) is 29.3 Å². The third-order valence-electron chi connectivity index (χ3n) is 13.7. The largest absolute Gasteiger partial charge is 0.392 e. The molecule has 7 aliphatic rings. The Balaban J connectivity index is 1.27. The van der Waals surface area contributed by atoms with Crippen LogP contribution in [-0.4, -0.2) is 57.5 Å². The minimum absolute atomic E-state index is 0.0921. The van der Waals surface area contributed by atoms with Crippen molar-refractivity contribution in [3.63, 3.8) is 0 Å². The number of piperidine rings is 2. The van der Waals surface area contributed by atoms with E-state index in [0.717, 1.165) is 25.7 Å². The normalized spacial score (nSPS) is 60.9. The Labute approximate surface area is 212 Å². The summed E-state index contributed by atoms with van der Waals surface area (Å²) in [5.41, 5.74) is 0.237. The van der Waals surface area contributed by atoms with Crippen molar-refractivity contribution in [2.75, 3.05) is 6.61 Å². The molecule has 5 nitrogen and oxygen atoms in total. The van der Waals surface area contributed by atoms with E-state index in [0.29, 0.717) is 36.3 Å². The molecule has 13 atom stereocenters. The maximum absolute atomic E-state index is 11.9. The van der Waals surface area contributed by atoms with E-state index in [2.05, 4.69) is 39.5 Å². The van der Waals surface area contributed by atoms with Crippen LogP contribution in [0.5, 0.6) is 0 Å². The maximum atomic E-state index is 11.9. The predicted molar refractivity (Wildman–Crippen MR) is 134 cm³/mol. The van der Waals surface area contributed by atoms with Crippen LogP contribution in [0.3, 0.4) is 0 Å². The lowest BCUT2D eigenvalue weighted by molar-refractivity contribution is -0.304. The van der Waals surface area contributed by atoms with Crippen molar-refractivity contribution in [2.45, 2.75) is 141 Å². The van der Waals surface area contributed by atoms with E-state index in [-0.39, 0.29) is 34.1 Å². The second-order valence-electron chi connectivity index (χ2n) is 15.0. The van der Waals surface area contributed by atoms with Gasteiger partial charge in [-0.25, -0.2) is 0 Å². The SMILES string of the molecule is CC(C)C1CCC2(C)C3CCC45CCCC4C2(CCC(O)C2(C)COC4(C)CCC2O4)C1N5C3O. The zero-order valence-electron chi connectivity index (χ0n) is 22.8. The fourth-order valence-corrected chi connectivity index (χ4v) is 11.9. The quantitative estimate of drug-likeness (QED) is 0.566. The molecule has 13 unspecified atom stereocenters. The first-order chi connectivity index (χ1) is 16.5. The highest BCUT2D eigenvalue weighted by molar-refractivity contribution is 5.32. The molecule has 7 fully saturated rings. The monoisotopic (exact) mass is 487 g/mol. The van der Waals surface area contributed by atoms with Gasteiger partial charge in [-0.2, -0.15) is 0 Å². The Morgan fingerprint density at radius 1 is 1.00 bits per heavy atom. The fraction of sp³-hybridized carbons (Fsp3) is 1.00. The van der Waals surface area contributed by atoms with E-state index in [1.165, 1.54) is 44.9 Å². The first-order valence-electron chi connectivity index (χ1n) is 15.0. The molecule has 198 valence electrons. The molecule has 5 aliphatic heterocycles. The van der Waals surface area contributed by atoms with Gasteiger partial charge in [0.25, 0.3) is 0 Å². The maximum Gasteiger partial charge on any atom is 0.166 e. The summed E-state index contributed by atoms with van der Waals surface area (Å²) in [6.45, 7) is 12.3. The molecule has 5 heterocycles. The van der Waals surface area contributed by atoms with Gasteiger partial charge in [0.2, 0.25) is 0 Å². The molecule has 2 saturated carbocycles. The van der Waals surface area contributed by atoms with E-state index in [1.807, 2.05) is 0 Å². The summed E-state index contributed by atoms with van der Waals surface area (Å²) in [5.74, 6) is 1.88. The number of nitrogens with zero attached hydrogens (tertiary/aromatic N) is 1. The zero-order valence-corrected chi connectivity index (χ0v) is 22.8. The molecule has 2 aliphatic carbocycles. The molecular formula is C30H49NO4. The molecule has 0 aromatic rings. The van der Waals surface area contributed by atoms with Crippen molar-refractivity contribution in [1.29, 1.82) is 0 Å². The minimum atomic E-state index is -0.446. The highest BCUT2D eigenvalue weighted by Crippen LogP contribution is 2.80. The number of aliphatic hydroxyl groups excluding tert-OH is 2. The molecule has 0 amide bonds. The highest BCUT2D eigenvalue weighted by atomic mass is 16.7. The van der Waals surface area contributed by atoms with Crippen LogP contribution in [0.25, 0.3) is 0 Å². The van der Waals surface area contributed by atoms with Gasteiger partial charge >= 0.3 is 0 Å². The Hall–Kier alpha value is -0.200. The van der Waals surface area contributed by atoms with Gasteiger partial charge in [-0.05, 0) is 93.3 Å². The number of aliphatic hydroxyl groups is 2. The third-order valence-corrected chi connectivity index (χ3v) is 13.7. The lowest BCUT2D eigenvalue weighted by atomic mass is 9.42. The van der Waals surface area contributed by atoms with Crippen LogP contribution in [0, 0.1) is 39.9 Å². The van der Waals surface area contributed by atoms with Crippen LogP contribution in [0.1, 0.15) is 105 Å². The van der Waals surface area contributed by atoms with Gasteiger partial charge in [0.05, 0.1) is 18.8 Å². The third kappa shape index (κ3) is 2.64. The van der Waals surface area contributed by atoms with Gasteiger partial charge in [0.1, 0.15) is 6.23 Å². The molecule has 0 aromatic heterocycles. The van der Waals surface area contributed by atoms with E-state index in [4.69, 9.17) is 9.47 Å².